The van der Waals surface area contributed by atoms with E-state index in [1.54, 1.807) is 0 Å². The van der Waals surface area contributed by atoms with Gasteiger partial charge < -0.3 is 28.5 Å². The molecule has 0 amide bonds. The number of quaternary nitrogens is 1. The van der Waals surface area contributed by atoms with Crippen molar-refractivity contribution in [3.63, 3.8) is 0 Å². The molecule has 502 valence electrons. The number of allylic oxidation sites excluding steroid dienone is 16. The molecule has 0 saturated carbocycles. The Morgan fingerprint density at radius 3 is 0.977 bits per heavy atom. The summed E-state index contributed by atoms with van der Waals surface area (Å²) in [5.74, 6) is -1.99. The van der Waals surface area contributed by atoms with Gasteiger partial charge in [-0.05, 0) is 96.3 Å². The van der Waals surface area contributed by atoms with Gasteiger partial charge in [-0.2, -0.15) is 0 Å². The number of likely N-dealkylation sites (N-methyl/N-ethyl adjacent to an activating group) is 1. The van der Waals surface area contributed by atoms with Crippen molar-refractivity contribution in [2.75, 3.05) is 47.5 Å². The Morgan fingerprint density at radius 2 is 0.655 bits per heavy atom. The van der Waals surface area contributed by atoms with Gasteiger partial charge in [-0.25, -0.2) is 4.79 Å². The molecule has 0 bridgehead atoms. The number of hydrogen-bond acceptors (Lipinski definition) is 7. The van der Waals surface area contributed by atoms with Gasteiger partial charge in [0.05, 0.1) is 34.4 Å². The monoisotopic (exact) mass is 1220 g/mol. The highest BCUT2D eigenvalue weighted by Gasteiger charge is 2.25. The number of carbonyl (C=O) groups excluding carboxylic acids is 2. The molecule has 0 aliphatic rings. The highest BCUT2D eigenvalue weighted by Crippen LogP contribution is 2.18. The van der Waals surface area contributed by atoms with E-state index in [1.165, 1.54) is 212 Å². The third-order valence-electron chi connectivity index (χ3n) is 15.8. The standard InChI is InChI=1S/C78H137NO8/c1-6-8-10-12-14-16-18-20-22-24-26-28-30-32-34-35-36-37-38-39-40-41-43-45-47-49-51-53-55-57-59-61-63-65-67-69-76(81)87-74(73-86-78(77(82)83)84-71-70-79(3,4)5)72-85-75(80)68-66-64-62-60-58-56-54-52-50-48-46-44-42-33-31-29-27-25-23-21-19-17-15-13-11-9-7-2/h8,10,14,16,19-22,25-28,32,34,36-37,74,78H,6-7,9,11-13,15,17-18,23-24,29-31,33,35,38-73H2,1-5H3/p+1/b10-8-,16-14-,21-19-,22-20-,27-25-,28-26-,34-32-,37-36-. The number of ether oxygens (including phenoxy) is 4. The van der Waals surface area contributed by atoms with E-state index in [2.05, 4.69) is 111 Å². The first-order valence-electron chi connectivity index (χ1n) is 36.4. The van der Waals surface area contributed by atoms with Crippen LogP contribution in [0.5, 0.6) is 0 Å². The number of rotatable bonds is 67. The third-order valence-corrected chi connectivity index (χ3v) is 15.8. The summed E-state index contributed by atoms with van der Waals surface area (Å²) in [6.45, 7) is 4.79. The predicted molar refractivity (Wildman–Crippen MR) is 373 cm³/mol. The van der Waals surface area contributed by atoms with Crippen LogP contribution < -0.4 is 0 Å². The fraction of sp³-hybridized carbons (Fsp3) is 0.756. The molecule has 9 heteroatoms. The summed E-state index contributed by atoms with van der Waals surface area (Å²) < 4.78 is 23.0. The molecule has 0 saturated heterocycles. The number of aliphatic carboxylic acids is 1. The summed E-state index contributed by atoms with van der Waals surface area (Å²) in [6, 6.07) is 0. The predicted octanol–water partition coefficient (Wildman–Crippen LogP) is 22.8. The minimum absolute atomic E-state index is 0.182. The molecule has 0 heterocycles. The van der Waals surface area contributed by atoms with Crippen molar-refractivity contribution in [2.45, 2.75) is 334 Å². The maximum atomic E-state index is 13.0. The lowest BCUT2D eigenvalue weighted by Gasteiger charge is -2.25. The van der Waals surface area contributed by atoms with Gasteiger partial charge in [0.15, 0.2) is 6.10 Å². The van der Waals surface area contributed by atoms with Crippen LogP contribution in [0.1, 0.15) is 322 Å². The molecule has 87 heavy (non-hydrogen) atoms. The van der Waals surface area contributed by atoms with Crippen LogP contribution in [0, 0.1) is 0 Å². The molecule has 0 fully saturated rings. The molecule has 2 atom stereocenters. The fourth-order valence-corrected chi connectivity index (χ4v) is 10.3. The number of hydrogen-bond donors (Lipinski definition) is 1. The second kappa shape index (κ2) is 68.1. The summed E-state index contributed by atoms with van der Waals surface area (Å²) in [5.41, 5.74) is 0. The molecule has 0 rings (SSSR count). The van der Waals surface area contributed by atoms with Gasteiger partial charge in [0.2, 0.25) is 0 Å². The first-order chi connectivity index (χ1) is 42.6. The van der Waals surface area contributed by atoms with Crippen molar-refractivity contribution >= 4 is 17.9 Å². The molecule has 0 aromatic heterocycles. The molecule has 1 N–H and O–H groups in total. The van der Waals surface area contributed by atoms with Crippen LogP contribution >= 0.6 is 0 Å². The highest BCUT2D eigenvalue weighted by molar-refractivity contribution is 5.71. The normalized spacial score (nSPS) is 13.3. The van der Waals surface area contributed by atoms with Gasteiger partial charge in [-0.3, -0.25) is 9.59 Å². The van der Waals surface area contributed by atoms with Gasteiger partial charge in [0.25, 0.3) is 6.29 Å². The quantitative estimate of drug-likeness (QED) is 0.0211. The molecule has 0 spiro atoms. The van der Waals surface area contributed by atoms with E-state index in [-0.39, 0.29) is 32.2 Å². The number of carbonyl (C=O) groups is 3. The minimum atomic E-state index is -1.51. The Hall–Kier alpha value is -3.79. The maximum absolute atomic E-state index is 13.0. The first-order valence-corrected chi connectivity index (χ1v) is 36.4. The lowest BCUT2D eigenvalue weighted by molar-refractivity contribution is -0.870. The average molecular weight is 1220 g/mol. The van der Waals surface area contributed by atoms with Crippen LogP contribution in [0.3, 0.4) is 0 Å². The Balaban J connectivity index is 4.08. The number of esters is 2. The van der Waals surface area contributed by atoms with Gasteiger partial charge >= 0.3 is 17.9 Å². The molecular weight excluding hydrogens is 1080 g/mol. The third kappa shape index (κ3) is 69.5. The zero-order valence-corrected chi connectivity index (χ0v) is 57.4. The number of nitrogens with zero attached hydrogens (tertiary/aromatic N) is 1. The summed E-state index contributed by atoms with van der Waals surface area (Å²) in [6.07, 6.45) is 91.0. The largest absolute Gasteiger partial charge is 0.477 e. The lowest BCUT2D eigenvalue weighted by atomic mass is 10.0. The van der Waals surface area contributed by atoms with Gasteiger partial charge in [-0.1, -0.05) is 310 Å². The van der Waals surface area contributed by atoms with Crippen molar-refractivity contribution in [3.05, 3.63) is 97.2 Å². The van der Waals surface area contributed by atoms with E-state index in [1.807, 2.05) is 21.1 Å². The Morgan fingerprint density at radius 1 is 0.356 bits per heavy atom. The van der Waals surface area contributed by atoms with E-state index in [9.17, 15) is 19.5 Å². The van der Waals surface area contributed by atoms with Crippen molar-refractivity contribution < 1.29 is 42.9 Å². The molecule has 0 radical (unpaired) electrons. The van der Waals surface area contributed by atoms with Gasteiger partial charge in [-0.15, -0.1) is 0 Å². The van der Waals surface area contributed by atoms with Crippen molar-refractivity contribution in [1.82, 2.24) is 0 Å². The summed E-state index contributed by atoms with van der Waals surface area (Å²) in [5, 5.41) is 9.76. The zero-order valence-electron chi connectivity index (χ0n) is 57.4. The Labute approximate surface area is 537 Å². The lowest BCUT2D eigenvalue weighted by Crippen LogP contribution is -2.40. The van der Waals surface area contributed by atoms with E-state index in [0.717, 1.165) is 83.5 Å². The number of unbranched alkanes of at least 4 members (excludes halogenated alkanes) is 36. The van der Waals surface area contributed by atoms with E-state index in [4.69, 9.17) is 18.9 Å². The van der Waals surface area contributed by atoms with Gasteiger partial charge in [0.1, 0.15) is 13.2 Å². The summed E-state index contributed by atoms with van der Waals surface area (Å²) in [7, 11) is 5.98. The summed E-state index contributed by atoms with van der Waals surface area (Å²) in [4.78, 5) is 37.7. The SMILES string of the molecule is CC/C=C\C/C=C\C/C=C\C/C=C\C/C=C\C/C=C\CCCCCCCCCCCCCCCCCCC(=O)OC(COC(=O)CCCCCCCCCCCCCCCCC/C=C\C/C=C\CCCCCCC)COC(OCC[N+](C)(C)C)C(=O)O. The number of carboxylic acid groups (broad SMARTS) is 1. The van der Waals surface area contributed by atoms with Crippen molar-refractivity contribution in [3.8, 4) is 0 Å². The zero-order chi connectivity index (χ0) is 63.3. The average Bonchev–Trinajstić information content (AvgIpc) is 3.56. The van der Waals surface area contributed by atoms with Crippen LogP contribution in [0.15, 0.2) is 97.2 Å². The van der Waals surface area contributed by atoms with E-state index >= 15 is 0 Å². The minimum Gasteiger partial charge on any atom is -0.477 e. The molecule has 2 unspecified atom stereocenters. The van der Waals surface area contributed by atoms with Crippen LogP contribution in [-0.4, -0.2) is 87.4 Å². The molecule has 0 aliphatic carbocycles. The van der Waals surface area contributed by atoms with E-state index < -0.39 is 24.3 Å². The summed E-state index contributed by atoms with van der Waals surface area (Å²) >= 11 is 0. The second-order valence-electron chi connectivity index (χ2n) is 25.5. The second-order valence-corrected chi connectivity index (χ2v) is 25.5. The molecule has 0 aromatic rings. The molecule has 0 aromatic carbocycles. The molecule has 9 nitrogen and oxygen atoms in total. The number of carboxylic acids is 1. The Bertz CT molecular complexity index is 1750. The van der Waals surface area contributed by atoms with Crippen LogP contribution in [0.25, 0.3) is 0 Å². The Kier molecular flexibility index (Phi) is 65.2. The smallest absolute Gasteiger partial charge is 0.361 e. The molecule has 0 aliphatic heterocycles. The molecular formula is C78H138NO8+. The van der Waals surface area contributed by atoms with Crippen molar-refractivity contribution in [1.29, 1.82) is 0 Å². The fourth-order valence-electron chi connectivity index (χ4n) is 10.3. The van der Waals surface area contributed by atoms with Crippen LogP contribution in [0.4, 0.5) is 0 Å². The van der Waals surface area contributed by atoms with E-state index in [0.29, 0.717) is 17.4 Å². The van der Waals surface area contributed by atoms with Crippen LogP contribution in [-0.2, 0) is 33.3 Å². The highest BCUT2D eigenvalue weighted by atomic mass is 16.7. The van der Waals surface area contributed by atoms with Crippen molar-refractivity contribution in [2.24, 2.45) is 0 Å². The maximum Gasteiger partial charge on any atom is 0.361 e. The topological polar surface area (TPSA) is 108 Å². The van der Waals surface area contributed by atoms with Gasteiger partial charge in [0, 0.05) is 12.8 Å². The first kappa shape index (κ1) is 83.2. The van der Waals surface area contributed by atoms with Crippen LogP contribution in [0.2, 0.25) is 0 Å².